The molecule has 0 saturated carbocycles. The van der Waals surface area contributed by atoms with Gasteiger partial charge in [0, 0.05) is 12.6 Å². The SMILES string of the molecule is CC(=O)Nc1ccc(CCCN)cc1. The maximum atomic E-state index is 10.7. The van der Waals surface area contributed by atoms with Crippen LogP contribution < -0.4 is 11.1 Å². The first-order valence-corrected chi connectivity index (χ1v) is 4.79. The van der Waals surface area contributed by atoms with Crippen molar-refractivity contribution >= 4 is 11.6 Å². The highest BCUT2D eigenvalue weighted by atomic mass is 16.1. The molecule has 14 heavy (non-hydrogen) atoms. The lowest BCUT2D eigenvalue weighted by Crippen LogP contribution is -2.05. The molecule has 0 bridgehead atoms. The van der Waals surface area contributed by atoms with Gasteiger partial charge in [0.2, 0.25) is 5.91 Å². The first-order valence-electron chi connectivity index (χ1n) is 4.79. The fraction of sp³-hybridized carbons (Fsp3) is 0.364. The molecule has 3 N–H and O–H groups in total. The highest BCUT2D eigenvalue weighted by Crippen LogP contribution is 2.10. The molecule has 0 aliphatic carbocycles. The third-order valence-corrected chi connectivity index (χ3v) is 1.94. The molecule has 0 aromatic heterocycles. The van der Waals surface area contributed by atoms with Crippen molar-refractivity contribution in [2.45, 2.75) is 19.8 Å². The first kappa shape index (κ1) is 10.7. The van der Waals surface area contributed by atoms with Gasteiger partial charge >= 0.3 is 0 Å². The summed E-state index contributed by atoms with van der Waals surface area (Å²) in [5.74, 6) is -0.0419. The minimum atomic E-state index is -0.0419. The predicted octanol–water partition coefficient (Wildman–Crippen LogP) is 1.54. The smallest absolute Gasteiger partial charge is 0.221 e. The molecule has 3 heteroatoms. The second-order valence-corrected chi connectivity index (χ2v) is 3.27. The van der Waals surface area contributed by atoms with E-state index in [2.05, 4.69) is 5.32 Å². The molecule has 0 heterocycles. The number of aryl methyl sites for hydroxylation is 1. The Morgan fingerprint density at radius 1 is 1.36 bits per heavy atom. The molecule has 3 nitrogen and oxygen atoms in total. The molecule has 1 aromatic carbocycles. The summed E-state index contributed by atoms with van der Waals surface area (Å²) in [6, 6.07) is 7.85. The number of nitrogens with one attached hydrogen (secondary N) is 1. The van der Waals surface area contributed by atoms with Gasteiger partial charge in [-0.25, -0.2) is 0 Å². The van der Waals surface area contributed by atoms with Crippen LogP contribution in [0.4, 0.5) is 5.69 Å². The van der Waals surface area contributed by atoms with E-state index in [4.69, 9.17) is 5.73 Å². The lowest BCUT2D eigenvalue weighted by molar-refractivity contribution is -0.114. The van der Waals surface area contributed by atoms with Crippen LogP contribution in [-0.4, -0.2) is 12.5 Å². The van der Waals surface area contributed by atoms with Crippen LogP contribution in [-0.2, 0) is 11.2 Å². The number of carbonyl (C=O) groups excluding carboxylic acids is 1. The zero-order chi connectivity index (χ0) is 10.4. The van der Waals surface area contributed by atoms with E-state index in [0.29, 0.717) is 6.54 Å². The Labute approximate surface area is 84.3 Å². The molecule has 1 amide bonds. The largest absolute Gasteiger partial charge is 0.330 e. The number of rotatable bonds is 4. The van der Waals surface area contributed by atoms with E-state index in [-0.39, 0.29) is 5.91 Å². The second-order valence-electron chi connectivity index (χ2n) is 3.27. The summed E-state index contributed by atoms with van der Waals surface area (Å²) in [5.41, 5.74) is 7.51. The number of carbonyl (C=O) groups is 1. The van der Waals surface area contributed by atoms with Gasteiger partial charge in [-0.3, -0.25) is 4.79 Å². The van der Waals surface area contributed by atoms with Gasteiger partial charge in [0.25, 0.3) is 0 Å². The summed E-state index contributed by atoms with van der Waals surface area (Å²) in [5, 5.41) is 2.72. The molecule has 0 fully saturated rings. The Morgan fingerprint density at radius 2 is 2.00 bits per heavy atom. The quantitative estimate of drug-likeness (QED) is 0.760. The zero-order valence-electron chi connectivity index (χ0n) is 8.42. The average molecular weight is 192 g/mol. The average Bonchev–Trinajstić information content (AvgIpc) is 2.16. The second kappa shape index (κ2) is 5.40. The molecule has 0 saturated heterocycles. The number of benzene rings is 1. The van der Waals surface area contributed by atoms with Gasteiger partial charge in [-0.1, -0.05) is 12.1 Å². The molecule has 1 rings (SSSR count). The lowest BCUT2D eigenvalue weighted by atomic mass is 10.1. The molecule has 0 radical (unpaired) electrons. The van der Waals surface area contributed by atoms with Crippen LogP contribution in [0, 0.1) is 0 Å². The number of hydrogen-bond donors (Lipinski definition) is 2. The number of nitrogens with two attached hydrogens (primary N) is 1. The molecule has 0 unspecified atom stereocenters. The molecule has 0 aliphatic heterocycles. The van der Waals surface area contributed by atoms with Gasteiger partial charge in [0.05, 0.1) is 0 Å². The summed E-state index contributed by atoms with van der Waals surface area (Å²) in [7, 11) is 0. The number of anilines is 1. The van der Waals surface area contributed by atoms with E-state index in [1.165, 1.54) is 12.5 Å². The normalized spacial score (nSPS) is 9.86. The summed E-state index contributed by atoms with van der Waals surface area (Å²) in [4.78, 5) is 10.7. The van der Waals surface area contributed by atoms with E-state index >= 15 is 0 Å². The Balaban J connectivity index is 2.54. The van der Waals surface area contributed by atoms with Gasteiger partial charge in [-0.2, -0.15) is 0 Å². The Hall–Kier alpha value is -1.35. The fourth-order valence-corrected chi connectivity index (χ4v) is 1.26. The van der Waals surface area contributed by atoms with Gasteiger partial charge in [0.15, 0.2) is 0 Å². The van der Waals surface area contributed by atoms with Crippen LogP contribution in [0.1, 0.15) is 18.9 Å². The molecule has 0 spiro atoms. The maximum Gasteiger partial charge on any atom is 0.221 e. The van der Waals surface area contributed by atoms with E-state index in [0.717, 1.165) is 18.5 Å². The van der Waals surface area contributed by atoms with E-state index in [1.807, 2.05) is 24.3 Å². The van der Waals surface area contributed by atoms with E-state index in [1.54, 1.807) is 0 Å². The van der Waals surface area contributed by atoms with Crippen molar-refractivity contribution in [3.05, 3.63) is 29.8 Å². The third-order valence-electron chi connectivity index (χ3n) is 1.94. The van der Waals surface area contributed by atoms with E-state index < -0.39 is 0 Å². The minimum Gasteiger partial charge on any atom is -0.330 e. The lowest BCUT2D eigenvalue weighted by Gasteiger charge is -2.03. The zero-order valence-corrected chi connectivity index (χ0v) is 8.42. The summed E-state index contributed by atoms with van der Waals surface area (Å²) in [6.45, 7) is 2.22. The Morgan fingerprint density at radius 3 is 2.50 bits per heavy atom. The van der Waals surface area contributed by atoms with Crippen molar-refractivity contribution in [1.82, 2.24) is 0 Å². The molecule has 76 valence electrons. The van der Waals surface area contributed by atoms with Crippen molar-refractivity contribution in [1.29, 1.82) is 0 Å². The van der Waals surface area contributed by atoms with Crippen molar-refractivity contribution in [2.24, 2.45) is 5.73 Å². The van der Waals surface area contributed by atoms with Crippen molar-refractivity contribution in [3.8, 4) is 0 Å². The molecule has 1 aromatic rings. The summed E-state index contributed by atoms with van der Waals surface area (Å²) < 4.78 is 0. The van der Waals surface area contributed by atoms with Crippen molar-refractivity contribution < 1.29 is 4.79 Å². The van der Waals surface area contributed by atoms with Gasteiger partial charge in [-0.15, -0.1) is 0 Å². The monoisotopic (exact) mass is 192 g/mol. The van der Waals surface area contributed by atoms with Gasteiger partial charge < -0.3 is 11.1 Å². The van der Waals surface area contributed by atoms with Crippen LogP contribution in [0.5, 0.6) is 0 Å². The number of amides is 1. The van der Waals surface area contributed by atoms with Gasteiger partial charge in [-0.05, 0) is 37.1 Å². The molecule has 0 aliphatic rings. The van der Waals surface area contributed by atoms with Gasteiger partial charge in [0.1, 0.15) is 0 Å². The van der Waals surface area contributed by atoms with Crippen LogP contribution >= 0.6 is 0 Å². The number of hydrogen-bond acceptors (Lipinski definition) is 2. The Bertz CT molecular complexity index is 293. The molecular formula is C11H16N2O. The van der Waals surface area contributed by atoms with Crippen molar-refractivity contribution in [2.75, 3.05) is 11.9 Å². The van der Waals surface area contributed by atoms with E-state index in [9.17, 15) is 4.79 Å². The standard InChI is InChI=1S/C11H16N2O/c1-9(14)13-11-6-4-10(5-7-11)3-2-8-12/h4-7H,2-3,8,12H2,1H3,(H,13,14). The van der Waals surface area contributed by atoms with Crippen LogP contribution in [0.3, 0.4) is 0 Å². The summed E-state index contributed by atoms with van der Waals surface area (Å²) in [6.07, 6.45) is 2.00. The topological polar surface area (TPSA) is 55.1 Å². The van der Waals surface area contributed by atoms with Crippen LogP contribution in [0.2, 0.25) is 0 Å². The highest BCUT2D eigenvalue weighted by Gasteiger charge is 1.95. The highest BCUT2D eigenvalue weighted by molar-refractivity contribution is 5.88. The minimum absolute atomic E-state index is 0.0419. The Kier molecular flexibility index (Phi) is 4.13. The summed E-state index contributed by atoms with van der Waals surface area (Å²) >= 11 is 0. The van der Waals surface area contributed by atoms with Crippen LogP contribution in [0.25, 0.3) is 0 Å². The van der Waals surface area contributed by atoms with Crippen molar-refractivity contribution in [3.63, 3.8) is 0 Å². The molecule has 0 atom stereocenters. The first-order chi connectivity index (χ1) is 6.72. The maximum absolute atomic E-state index is 10.7. The molecular weight excluding hydrogens is 176 g/mol. The fourth-order valence-electron chi connectivity index (χ4n) is 1.26. The van der Waals surface area contributed by atoms with Crippen LogP contribution in [0.15, 0.2) is 24.3 Å². The third kappa shape index (κ3) is 3.58. The predicted molar refractivity (Wildman–Crippen MR) is 58.1 cm³/mol.